The SMILES string of the molecule is COC(=O)c1cc(OC)c(OC)cc1NC(=O)CC12CC3CC(CC(Br)(C3)C1)C2. The molecular weight excluding hydrogens is 438 g/mol. The minimum Gasteiger partial charge on any atom is -0.493 e. The van der Waals surface area contributed by atoms with Gasteiger partial charge in [-0.2, -0.15) is 0 Å². The lowest BCUT2D eigenvalue weighted by atomic mass is 9.48. The summed E-state index contributed by atoms with van der Waals surface area (Å²) in [5.41, 5.74) is 0.693. The molecule has 0 radical (unpaired) electrons. The fourth-order valence-corrected chi connectivity index (χ4v) is 7.85. The molecule has 1 aromatic carbocycles. The van der Waals surface area contributed by atoms with E-state index in [1.165, 1.54) is 40.6 Å². The summed E-state index contributed by atoms with van der Waals surface area (Å²) in [6, 6.07) is 3.16. The Morgan fingerprint density at radius 3 is 2.24 bits per heavy atom. The molecule has 4 saturated carbocycles. The van der Waals surface area contributed by atoms with Gasteiger partial charge in [0.15, 0.2) is 11.5 Å². The summed E-state index contributed by atoms with van der Waals surface area (Å²) in [6.45, 7) is 0. The van der Waals surface area contributed by atoms with Gasteiger partial charge >= 0.3 is 5.97 Å². The summed E-state index contributed by atoms with van der Waals surface area (Å²) >= 11 is 4.00. The number of carbonyl (C=O) groups excluding carboxylic acids is 2. The molecule has 4 fully saturated rings. The lowest BCUT2D eigenvalue weighted by Gasteiger charge is -2.60. The fourth-order valence-electron chi connectivity index (χ4n) is 6.34. The number of rotatable bonds is 6. The van der Waals surface area contributed by atoms with Crippen LogP contribution < -0.4 is 14.8 Å². The predicted octanol–water partition coefficient (Wildman–Crippen LogP) is 4.55. The van der Waals surface area contributed by atoms with Gasteiger partial charge in [-0.3, -0.25) is 4.79 Å². The van der Waals surface area contributed by atoms with Gasteiger partial charge in [0.1, 0.15) is 0 Å². The van der Waals surface area contributed by atoms with Crippen molar-refractivity contribution in [2.24, 2.45) is 17.3 Å². The Bertz CT molecular complexity index is 825. The van der Waals surface area contributed by atoms with Crippen LogP contribution in [0, 0.1) is 17.3 Å². The van der Waals surface area contributed by atoms with Gasteiger partial charge in [-0.1, -0.05) is 15.9 Å². The Morgan fingerprint density at radius 2 is 1.69 bits per heavy atom. The van der Waals surface area contributed by atoms with Crippen molar-refractivity contribution >= 4 is 33.5 Å². The molecule has 29 heavy (non-hydrogen) atoms. The van der Waals surface area contributed by atoms with E-state index >= 15 is 0 Å². The van der Waals surface area contributed by atoms with Crippen LogP contribution in [0.25, 0.3) is 0 Å². The summed E-state index contributed by atoms with van der Waals surface area (Å²) < 4.78 is 15.7. The molecule has 7 heteroatoms. The predicted molar refractivity (Wildman–Crippen MR) is 113 cm³/mol. The third-order valence-corrected chi connectivity index (χ3v) is 7.78. The molecular formula is C22H28BrNO5. The highest BCUT2D eigenvalue weighted by Crippen LogP contribution is 2.65. The molecule has 1 N–H and O–H groups in total. The van der Waals surface area contributed by atoms with Crippen molar-refractivity contribution in [3.05, 3.63) is 17.7 Å². The van der Waals surface area contributed by atoms with E-state index < -0.39 is 5.97 Å². The van der Waals surface area contributed by atoms with E-state index in [0.29, 0.717) is 23.6 Å². The van der Waals surface area contributed by atoms with E-state index in [1.54, 1.807) is 12.1 Å². The molecule has 0 heterocycles. The van der Waals surface area contributed by atoms with E-state index in [4.69, 9.17) is 14.2 Å². The second kappa shape index (κ2) is 7.49. The average molecular weight is 466 g/mol. The van der Waals surface area contributed by atoms with Crippen LogP contribution in [0.4, 0.5) is 5.69 Å². The maximum atomic E-state index is 13.1. The normalized spacial score (nSPS) is 32.0. The van der Waals surface area contributed by atoms with Gasteiger partial charge in [0, 0.05) is 22.9 Å². The third-order valence-electron chi connectivity index (χ3n) is 6.85. The number of amides is 1. The molecule has 158 valence electrons. The number of alkyl halides is 1. The van der Waals surface area contributed by atoms with Crippen molar-refractivity contribution in [3.63, 3.8) is 0 Å². The third kappa shape index (κ3) is 3.86. The quantitative estimate of drug-likeness (QED) is 0.492. The Hall–Kier alpha value is -1.76. The number of anilines is 1. The van der Waals surface area contributed by atoms with E-state index in [0.717, 1.165) is 31.1 Å². The summed E-state index contributed by atoms with van der Waals surface area (Å²) in [5, 5.41) is 2.95. The molecule has 6 nitrogen and oxygen atoms in total. The highest BCUT2D eigenvalue weighted by molar-refractivity contribution is 9.10. The van der Waals surface area contributed by atoms with Crippen LogP contribution in [0.2, 0.25) is 0 Å². The molecule has 4 aliphatic rings. The Labute approximate surface area is 179 Å². The van der Waals surface area contributed by atoms with Crippen molar-refractivity contribution in [2.45, 2.75) is 49.3 Å². The Balaban J connectivity index is 1.56. The van der Waals surface area contributed by atoms with Crippen molar-refractivity contribution in [3.8, 4) is 11.5 Å². The molecule has 1 aromatic rings. The highest BCUT2D eigenvalue weighted by Gasteiger charge is 2.57. The molecule has 1 amide bonds. The second-order valence-electron chi connectivity index (χ2n) is 9.08. The topological polar surface area (TPSA) is 73.9 Å². The zero-order valence-electron chi connectivity index (χ0n) is 17.2. The molecule has 0 aromatic heterocycles. The number of methoxy groups -OCH3 is 3. The van der Waals surface area contributed by atoms with Gasteiger partial charge in [0.2, 0.25) is 5.91 Å². The van der Waals surface area contributed by atoms with Gasteiger partial charge in [-0.25, -0.2) is 4.79 Å². The van der Waals surface area contributed by atoms with Crippen molar-refractivity contribution in [2.75, 3.05) is 26.6 Å². The molecule has 0 saturated heterocycles. The van der Waals surface area contributed by atoms with Crippen molar-refractivity contribution in [1.82, 2.24) is 0 Å². The fraction of sp³-hybridized carbons (Fsp3) is 0.636. The zero-order valence-corrected chi connectivity index (χ0v) is 18.8. The van der Waals surface area contributed by atoms with Gasteiger partial charge in [-0.05, 0) is 55.8 Å². The maximum Gasteiger partial charge on any atom is 0.340 e. The van der Waals surface area contributed by atoms with Gasteiger partial charge in [0.25, 0.3) is 0 Å². The summed E-state index contributed by atoms with van der Waals surface area (Å²) in [4.78, 5) is 25.3. The van der Waals surface area contributed by atoms with E-state index in [2.05, 4.69) is 21.2 Å². The first kappa shape index (κ1) is 20.5. The Morgan fingerprint density at radius 1 is 1.07 bits per heavy atom. The minimum absolute atomic E-state index is 0.0552. The molecule has 2 unspecified atom stereocenters. The van der Waals surface area contributed by atoms with Crippen LogP contribution in [0.1, 0.15) is 55.3 Å². The largest absolute Gasteiger partial charge is 0.493 e. The number of nitrogens with one attached hydrogen (secondary N) is 1. The van der Waals surface area contributed by atoms with Crippen LogP contribution >= 0.6 is 15.9 Å². The molecule has 4 bridgehead atoms. The maximum absolute atomic E-state index is 13.1. The zero-order chi connectivity index (χ0) is 20.8. The molecule has 0 spiro atoms. The lowest BCUT2D eigenvalue weighted by molar-refractivity contribution is -0.123. The van der Waals surface area contributed by atoms with Crippen LogP contribution in [0.5, 0.6) is 11.5 Å². The first-order valence-electron chi connectivity index (χ1n) is 10.1. The number of esters is 1. The summed E-state index contributed by atoms with van der Waals surface area (Å²) in [6.07, 6.45) is 7.54. The second-order valence-corrected chi connectivity index (χ2v) is 10.8. The molecule has 4 aliphatic carbocycles. The number of hydrogen-bond acceptors (Lipinski definition) is 5. The van der Waals surface area contributed by atoms with Crippen molar-refractivity contribution in [1.29, 1.82) is 0 Å². The number of halogens is 1. The molecule has 2 atom stereocenters. The van der Waals surface area contributed by atoms with Crippen LogP contribution in [0.15, 0.2) is 12.1 Å². The first-order chi connectivity index (χ1) is 13.8. The van der Waals surface area contributed by atoms with Crippen LogP contribution in [-0.4, -0.2) is 37.5 Å². The number of carbonyl (C=O) groups is 2. The summed E-state index contributed by atoms with van der Waals surface area (Å²) in [5.74, 6) is 1.69. The number of hydrogen-bond donors (Lipinski definition) is 1. The molecule has 5 rings (SSSR count). The van der Waals surface area contributed by atoms with E-state index in [9.17, 15) is 9.59 Å². The standard InChI is InChI=1S/C22H28BrNO5/c1-27-17-5-15(20(26)29-3)16(6-18(17)28-2)24-19(25)11-21-7-13-4-14(8-21)10-22(23,9-13)12-21/h5-6,13-14H,4,7-12H2,1-3H3,(H,24,25). The van der Waals surface area contributed by atoms with Gasteiger partial charge < -0.3 is 19.5 Å². The number of benzene rings is 1. The lowest BCUT2D eigenvalue weighted by Crippen LogP contribution is -2.53. The number of ether oxygens (including phenoxy) is 3. The monoisotopic (exact) mass is 465 g/mol. The van der Waals surface area contributed by atoms with Gasteiger partial charge in [-0.15, -0.1) is 0 Å². The smallest absolute Gasteiger partial charge is 0.340 e. The molecule has 0 aliphatic heterocycles. The summed E-state index contributed by atoms with van der Waals surface area (Å²) in [7, 11) is 4.34. The Kier molecular flexibility index (Phi) is 5.30. The van der Waals surface area contributed by atoms with E-state index in [1.807, 2.05) is 0 Å². The minimum atomic E-state index is -0.532. The first-order valence-corrected chi connectivity index (χ1v) is 10.9. The van der Waals surface area contributed by atoms with Crippen molar-refractivity contribution < 1.29 is 23.8 Å². The van der Waals surface area contributed by atoms with Crippen LogP contribution in [-0.2, 0) is 9.53 Å². The van der Waals surface area contributed by atoms with Gasteiger partial charge in [0.05, 0.1) is 32.6 Å². The average Bonchev–Trinajstić information content (AvgIpc) is 2.64. The van der Waals surface area contributed by atoms with E-state index in [-0.39, 0.29) is 21.2 Å². The van der Waals surface area contributed by atoms with Crippen LogP contribution in [0.3, 0.4) is 0 Å². The highest BCUT2D eigenvalue weighted by atomic mass is 79.9.